The van der Waals surface area contributed by atoms with Gasteiger partial charge in [0.1, 0.15) is 42.0 Å². The Morgan fingerprint density at radius 1 is 0.727 bits per heavy atom. The number of esters is 9. The summed E-state index contributed by atoms with van der Waals surface area (Å²) >= 11 is 0. The molecular formula is C45H51NO20. The molecule has 21 heteroatoms. The van der Waals surface area contributed by atoms with Crippen molar-refractivity contribution in [2.24, 2.45) is 11.3 Å². The summed E-state index contributed by atoms with van der Waals surface area (Å²) in [5, 5.41) is 13.7. The highest BCUT2D eigenvalue weighted by Crippen LogP contribution is 2.70. The Morgan fingerprint density at radius 2 is 1.29 bits per heavy atom. The van der Waals surface area contributed by atoms with E-state index in [4.69, 9.17) is 47.4 Å². The highest BCUT2D eigenvalue weighted by atomic mass is 16.7. The molecule has 1 spiro atoms. The second-order valence-electron chi connectivity index (χ2n) is 17.3. The van der Waals surface area contributed by atoms with Crippen molar-refractivity contribution in [2.75, 3.05) is 13.2 Å². The van der Waals surface area contributed by atoms with Crippen LogP contribution in [-0.2, 0) is 87.4 Å². The zero-order valence-electron chi connectivity index (χ0n) is 37.6. The van der Waals surface area contributed by atoms with Crippen molar-refractivity contribution in [1.82, 2.24) is 4.98 Å². The van der Waals surface area contributed by atoms with Crippen molar-refractivity contribution in [3.63, 3.8) is 0 Å². The predicted molar refractivity (Wildman–Crippen MR) is 216 cm³/mol. The molecule has 2 saturated carbocycles. The van der Waals surface area contributed by atoms with Crippen LogP contribution in [0, 0.1) is 11.3 Å². The number of benzene rings is 1. The second-order valence-corrected chi connectivity index (χ2v) is 17.3. The van der Waals surface area contributed by atoms with Gasteiger partial charge in [0.2, 0.25) is 5.60 Å². The minimum absolute atomic E-state index is 0.00555. The number of fused-ring (bicyclic) bond motifs is 5. The average molecular weight is 926 g/mol. The molecule has 3 fully saturated rings. The van der Waals surface area contributed by atoms with E-state index in [1.54, 1.807) is 18.2 Å². The molecule has 2 unspecified atom stereocenters. The molecule has 0 amide bonds. The first-order valence-corrected chi connectivity index (χ1v) is 20.9. The summed E-state index contributed by atoms with van der Waals surface area (Å²) in [5.41, 5.74) is -13.2. The monoisotopic (exact) mass is 925 g/mol. The SMILES string of the molecule is CC(=O)OC[C@@]12[C@H](OC(C)=O)C(OC(C)=O)[C@@H]3[C@@H](OC(C)=O)[C@@]14O[C@@]3(C)COC(=O)c1cccnc1CCC(C)(OC(=O)c1ccccc1)C(=O)O[C@H]([C@H](OC(C)=O)[C@@H]2OC(C)=O)[C@]4(C)O. The second kappa shape index (κ2) is 18.1. The number of cyclic esters (lactones) is 1. The number of hydrogen-bond donors (Lipinski definition) is 1. The Kier molecular flexibility index (Phi) is 13.4. The number of hydrogen-bond acceptors (Lipinski definition) is 21. The first-order valence-electron chi connectivity index (χ1n) is 20.9. The summed E-state index contributed by atoms with van der Waals surface area (Å²) in [6, 6.07) is 10.4. The lowest BCUT2D eigenvalue weighted by molar-refractivity contribution is -0.387. The zero-order chi connectivity index (χ0) is 48.7. The molecule has 1 aromatic carbocycles. The lowest BCUT2D eigenvalue weighted by Crippen LogP contribution is -2.89. The molecule has 2 aliphatic carbocycles. The fourth-order valence-electron chi connectivity index (χ4n) is 10.1. The van der Waals surface area contributed by atoms with Crippen LogP contribution in [0.3, 0.4) is 0 Å². The number of carbonyl (C=O) groups is 9. The third-order valence-corrected chi connectivity index (χ3v) is 12.5. The lowest BCUT2D eigenvalue weighted by atomic mass is 9.45. The minimum atomic E-state index is -3.01. The number of aliphatic hydroxyl groups is 1. The summed E-state index contributed by atoms with van der Waals surface area (Å²) < 4.78 is 60.7. The lowest BCUT2D eigenvalue weighted by Gasteiger charge is -2.67. The van der Waals surface area contributed by atoms with Crippen molar-refractivity contribution in [3.05, 3.63) is 65.5 Å². The Morgan fingerprint density at radius 3 is 1.86 bits per heavy atom. The third kappa shape index (κ3) is 8.44. The molecule has 21 nitrogen and oxygen atoms in total. The van der Waals surface area contributed by atoms with Crippen molar-refractivity contribution >= 4 is 53.7 Å². The van der Waals surface area contributed by atoms with Crippen LogP contribution in [0.25, 0.3) is 0 Å². The predicted octanol–water partition coefficient (Wildman–Crippen LogP) is 1.84. The highest BCUT2D eigenvalue weighted by Gasteiger charge is 2.92. The molecule has 2 aliphatic heterocycles. The van der Waals surface area contributed by atoms with E-state index in [0.29, 0.717) is 0 Å². The van der Waals surface area contributed by atoms with Gasteiger partial charge in [-0.3, -0.25) is 33.8 Å². The van der Waals surface area contributed by atoms with Crippen LogP contribution >= 0.6 is 0 Å². The number of pyridine rings is 1. The van der Waals surface area contributed by atoms with Gasteiger partial charge in [-0.15, -0.1) is 0 Å². The number of aromatic nitrogens is 1. The maximum Gasteiger partial charge on any atom is 0.350 e. The molecule has 4 aliphatic rings. The van der Waals surface area contributed by atoms with Crippen molar-refractivity contribution in [2.45, 2.75) is 134 Å². The molecule has 2 aromatic rings. The topological polar surface area (TPSA) is 279 Å². The van der Waals surface area contributed by atoms with Crippen LogP contribution in [-0.4, -0.2) is 136 Å². The van der Waals surface area contributed by atoms with Crippen LogP contribution in [0.5, 0.6) is 0 Å². The van der Waals surface area contributed by atoms with Gasteiger partial charge >= 0.3 is 53.7 Å². The van der Waals surface area contributed by atoms with Gasteiger partial charge in [0, 0.05) is 54.2 Å². The average Bonchev–Trinajstić information content (AvgIpc) is 3.44. The van der Waals surface area contributed by atoms with Gasteiger partial charge in [-0.25, -0.2) is 14.4 Å². The standard InChI is InChI=1S/C45H51NO20/c1-22(47)57-21-44-36(62-26(5)51)32(59-23(2)48)31-34(61-25(4)50)45(44)43(9,56)35(33(60-24(3)49)37(44)63-27(6)52)64-40(55)41(7,65-38(53)28-14-11-10-12-15-28)18-17-30-29(16-13-19-46-30)39(54)58-20-42(31,8)66-45/h10-16,19,31-37,56H,17-18,20-21H2,1-9H3/t31-,32?,33+,34-,35-,36-,37+,41?,42+,43+,44+,45+/m1/s1. The van der Waals surface area contributed by atoms with E-state index < -0.39 is 144 Å². The number of rotatable bonds is 9. The van der Waals surface area contributed by atoms with Crippen molar-refractivity contribution in [1.29, 1.82) is 0 Å². The fraction of sp³-hybridized carbons (Fsp3) is 0.556. The van der Waals surface area contributed by atoms with Gasteiger partial charge in [-0.1, -0.05) is 18.2 Å². The van der Waals surface area contributed by atoms with Gasteiger partial charge in [-0.05, 0) is 51.5 Å². The van der Waals surface area contributed by atoms with Crippen LogP contribution in [0.4, 0.5) is 0 Å². The minimum Gasteiger partial charge on any atom is -0.465 e. The molecule has 1 saturated heterocycles. The van der Waals surface area contributed by atoms with E-state index in [1.165, 1.54) is 44.3 Å². The Balaban J connectivity index is 1.76. The van der Waals surface area contributed by atoms with E-state index >= 15 is 4.79 Å². The fourth-order valence-corrected chi connectivity index (χ4v) is 10.1. The van der Waals surface area contributed by atoms with Gasteiger partial charge in [0.15, 0.2) is 30.0 Å². The molecule has 12 atom stereocenters. The molecule has 0 radical (unpaired) electrons. The Labute approximate surface area is 377 Å². The number of carbonyl (C=O) groups excluding carboxylic acids is 9. The molecule has 356 valence electrons. The molecule has 66 heavy (non-hydrogen) atoms. The van der Waals surface area contributed by atoms with Gasteiger partial charge < -0.3 is 52.5 Å². The van der Waals surface area contributed by atoms with Crippen LogP contribution < -0.4 is 0 Å². The van der Waals surface area contributed by atoms with Crippen molar-refractivity contribution in [3.8, 4) is 0 Å². The summed E-state index contributed by atoms with van der Waals surface area (Å²) in [6.07, 6.45) is -12.1. The van der Waals surface area contributed by atoms with Crippen LogP contribution in [0.1, 0.15) is 95.1 Å². The Hall–Kier alpha value is -6.48. The zero-order valence-corrected chi connectivity index (χ0v) is 37.6. The van der Waals surface area contributed by atoms with Gasteiger partial charge in [0.25, 0.3) is 0 Å². The molecule has 4 bridgehead atoms. The van der Waals surface area contributed by atoms with E-state index in [0.717, 1.165) is 48.5 Å². The maximum atomic E-state index is 15.1. The Bertz CT molecular complexity index is 2310. The quantitative estimate of drug-likeness (QED) is 0.277. The summed E-state index contributed by atoms with van der Waals surface area (Å²) in [7, 11) is 0. The smallest absolute Gasteiger partial charge is 0.350 e. The molecule has 1 aromatic heterocycles. The molecular weight excluding hydrogens is 874 g/mol. The summed E-state index contributed by atoms with van der Waals surface area (Å²) in [6.45, 7) is 7.32. The summed E-state index contributed by atoms with van der Waals surface area (Å²) in [5.74, 6) is -11.6. The van der Waals surface area contributed by atoms with E-state index in [1.807, 2.05) is 0 Å². The molecule has 6 rings (SSSR count). The largest absolute Gasteiger partial charge is 0.465 e. The number of nitrogens with zero attached hydrogens (tertiary/aromatic N) is 1. The maximum absolute atomic E-state index is 15.1. The van der Waals surface area contributed by atoms with E-state index in [9.17, 15) is 43.5 Å². The normalized spacial score (nSPS) is 34.6. The number of aryl methyl sites for hydroxylation is 1. The first-order chi connectivity index (χ1) is 30.8. The van der Waals surface area contributed by atoms with Crippen LogP contribution in [0.2, 0.25) is 0 Å². The highest BCUT2D eigenvalue weighted by molar-refractivity contribution is 5.93. The van der Waals surface area contributed by atoms with Crippen molar-refractivity contribution < 1.29 is 95.6 Å². The van der Waals surface area contributed by atoms with Gasteiger partial charge in [-0.2, -0.15) is 0 Å². The van der Waals surface area contributed by atoms with Crippen LogP contribution in [0.15, 0.2) is 48.7 Å². The van der Waals surface area contributed by atoms with E-state index in [-0.39, 0.29) is 23.2 Å². The third-order valence-electron chi connectivity index (χ3n) is 12.5. The van der Waals surface area contributed by atoms with E-state index in [2.05, 4.69) is 4.98 Å². The van der Waals surface area contributed by atoms with Gasteiger partial charge in [0.05, 0.1) is 22.7 Å². The number of ether oxygens (including phenoxy) is 10. The summed E-state index contributed by atoms with van der Waals surface area (Å²) in [4.78, 5) is 127. The first kappa shape index (κ1) is 49.0. The molecule has 1 N–H and O–H groups in total. The molecule has 3 heterocycles.